The lowest BCUT2D eigenvalue weighted by Gasteiger charge is -2.34. The normalized spacial score (nSPS) is 17.7. The largest absolute Gasteiger partial charge is 0.480 e. The molecule has 0 atom stereocenters. The third-order valence-electron chi connectivity index (χ3n) is 3.55. The minimum Gasteiger partial charge on any atom is -0.480 e. The molecule has 1 aromatic rings. The van der Waals surface area contributed by atoms with E-state index in [-0.39, 0.29) is 11.4 Å². The Bertz CT molecular complexity index is 496. The molecule has 1 aromatic heterocycles. The molecule has 4 N–H and O–H groups in total. The predicted molar refractivity (Wildman–Crippen MR) is 69.8 cm³/mol. The van der Waals surface area contributed by atoms with Gasteiger partial charge in [0.2, 0.25) is 0 Å². The Morgan fingerprint density at radius 2 is 2.00 bits per heavy atom. The predicted octanol–water partition coefficient (Wildman–Crippen LogP) is 1.38. The maximum Gasteiger partial charge on any atom is 0.329 e. The lowest BCUT2D eigenvalue weighted by molar-refractivity contribution is -0.143. The SMILES string of the molecule is NC(=O)c1cccnc1NC1(C(=O)O)CCCCC1. The topological polar surface area (TPSA) is 105 Å². The highest BCUT2D eigenvalue weighted by atomic mass is 16.4. The smallest absolute Gasteiger partial charge is 0.329 e. The van der Waals surface area contributed by atoms with Gasteiger partial charge in [0.1, 0.15) is 11.4 Å². The molecular formula is C13H17N3O3. The summed E-state index contributed by atoms with van der Waals surface area (Å²) in [7, 11) is 0. The summed E-state index contributed by atoms with van der Waals surface area (Å²) < 4.78 is 0. The lowest BCUT2D eigenvalue weighted by Crippen LogP contribution is -2.48. The molecule has 1 amide bonds. The summed E-state index contributed by atoms with van der Waals surface area (Å²) in [6.45, 7) is 0. The fourth-order valence-electron chi connectivity index (χ4n) is 2.48. The number of rotatable bonds is 4. The van der Waals surface area contributed by atoms with Gasteiger partial charge in [0.15, 0.2) is 0 Å². The van der Waals surface area contributed by atoms with E-state index in [1.807, 2.05) is 0 Å². The monoisotopic (exact) mass is 263 g/mol. The van der Waals surface area contributed by atoms with Gasteiger partial charge in [-0.3, -0.25) is 4.79 Å². The molecule has 0 saturated heterocycles. The van der Waals surface area contributed by atoms with Crippen LogP contribution in [0.25, 0.3) is 0 Å². The van der Waals surface area contributed by atoms with E-state index in [9.17, 15) is 14.7 Å². The van der Waals surface area contributed by atoms with Crippen LogP contribution in [0.2, 0.25) is 0 Å². The van der Waals surface area contributed by atoms with Crippen LogP contribution in [0.15, 0.2) is 18.3 Å². The van der Waals surface area contributed by atoms with Crippen LogP contribution in [0.3, 0.4) is 0 Å². The Kier molecular flexibility index (Phi) is 3.69. The zero-order valence-corrected chi connectivity index (χ0v) is 10.6. The van der Waals surface area contributed by atoms with E-state index >= 15 is 0 Å². The summed E-state index contributed by atoms with van der Waals surface area (Å²) in [5.41, 5.74) is 4.44. The van der Waals surface area contributed by atoms with Gasteiger partial charge in [-0.2, -0.15) is 0 Å². The second kappa shape index (κ2) is 5.26. The Morgan fingerprint density at radius 3 is 2.58 bits per heavy atom. The van der Waals surface area contributed by atoms with Crippen LogP contribution < -0.4 is 11.1 Å². The Morgan fingerprint density at radius 1 is 1.32 bits per heavy atom. The number of carbonyl (C=O) groups is 2. The number of carbonyl (C=O) groups excluding carboxylic acids is 1. The number of anilines is 1. The van der Waals surface area contributed by atoms with Crippen molar-refractivity contribution in [3.8, 4) is 0 Å². The first-order valence-corrected chi connectivity index (χ1v) is 6.31. The molecule has 102 valence electrons. The first-order valence-electron chi connectivity index (χ1n) is 6.31. The number of carboxylic acid groups (broad SMARTS) is 1. The number of nitrogens with two attached hydrogens (primary N) is 1. The van der Waals surface area contributed by atoms with Crippen LogP contribution in [0.4, 0.5) is 5.82 Å². The van der Waals surface area contributed by atoms with Crippen molar-refractivity contribution in [1.82, 2.24) is 4.98 Å². The van der Waals surface area contributed by atoms with E-state index in [1.54, 1.807) is 6.07 Å². The number of amides is 1. The standard InChI is InChI=1S/C13H17N3O3/c14-10(17)9-5-4-8-15-11(9)16-13(12(18)19)6-2-1-3-7-13/h4-5,8H,1-3,6-7H2,(H2,14,17)(H,15,16)(H,18,19). The molecule has 6 heteroatoms. The van der Waals surface area contributed by atoms with E-state index in [0.29, 0.717) is 12.8 Å². The molecule has 0 aliphatic heterocycles. The van der Waals surface area contributed by atoms with Crippen LogP contribution in [-0.2, 0) is 4.79 Å². The molecule has 0 bridgehead atoms. The van der Waals surface area contributed by atoms with Gasteiger partial charge in [0.25, 0.3) is 5.91 Å². The number of primary amides is 1. The van der Waals surface area contributed by atoms with Crippen molar-refractivity contribution in [2.75, 3.05) is 5.32 Å². The fourth-order valence-corrected chi connectivity index (χ4v) is 2.48. The third kappa shape index (κ3) is 2.67. The quantitative estimate of drug-likeness (QED) is 0.761. The molecule has 1 aliphatic carbocycles. The average Bonchev–Trinajstić information content (AvgIpc) is 2.40. The van der Waals surface area contributed by atoms with Crippen molar-refractivity contribution in [2.24, 2.45) is 5.73 Å². The van der Waals surface area contributed by atoms with Crippen LogP contribution in [0.1, 0.15) is 42.5 Å². The highest BCUT2D eigenvalue weighted by molar-refractivity contribution is 5.98. The molecule has 0 spiro atoms. The van der Waals surface area contributed by atoms with Gasteiger partial charge in [-0.25, -0.2) is 9.78 Å². The number of hydrogen-bond donors (Lipinski definition) is 3. The molecule has 1 saturated carbocycles. The molecule has 0 radical (unpaired) electrons. The first-order chi connectivity index (χ1) is 9.05. The molecule has 0 aromatic carbocycles. The minimum absolute atomic E-state index is 0.216. The van der Waals surface area contributed by atoms with Gasteiger partial charge in [-0.1, -0.05) is 19.3 Å². The van der Waals surface area contributed by atoms with E-state index in [0.717, 1.165) is 19.3 Å². The van der Waals surface area contributed by atoms with E-state index < -0.39 is 17.4 Å². The molecule has 0 unspecified atom stereocenters. The molecule has 1 aliphatic rings. The van der Waals surface area contributed by atoms with Crippen molar-refractivity contribution in [3.05, 3.63) is 23.9 Å². The van der Waals surface area contributed by atoms with E-state index in [1.165, 1.54) is 12.3 Å². The maximum atomic E-state index is 11.6. The number of aliphatic carboxylic acids is 1. The number of nitrogens with zero attached hydrogens (tertiary/aromatic N) is 1. The van der Waals surface area contributed by atoms with Crippen LogP contribution in [0.5, 0.6) is 0 Å². The highest BCUT2D eigenvalue weighted by Gasteiger charge is 2.40. The van der Waals surface area contributed by atoms with Crippen molar-refractivity contribution in [1.29, 1.82) is 0 Å². The molecule has 1 fully saturated rings. The van der Waals surface area contributed by atoms with Gasteiger partial charge in [-0.05, 0) is 25.0 Å². The highest BCUT2D eigenvalue weighted by Crippen LogP contribution is 2.32. The third-order valence-corrected chi connectivity index (χ3v) is 3.55. The summed E-state index contributed by atoms with van der Waals surface area (Å²) in [6, 6.07) is 3.13. The molecule has 6 nitrogen and oxygen atoms in total. The van der Waals surface area contributed by atoms with Gasteiger partial charge < -0.3 is 16.2 Å². The van der Waals surface area contributed by atoms with Gasteiger partial charge in [0.05, 0.1) is 5.56 Å². The van der Waals surface area contributed by atoms with E-state index in [4.69, 9.17) is 5.73 Å². The Balaban J connectivity index is 2.32. The maximum absolute atomic E-state index is 11.6. The minimum atomic E-state index is -1.04. The second-order valence-electron chi connectivity index (χ2n) is 4.84. The van der Waals surface area contributed by atoms with Gasteiger partial charge >= 0.3 is 5.97 Å². The Labute approximate surface area is 111 Å². The summed E-state index contributed by atoms with van der Waals surface area (Å²) in [6.07, 6.45) is 5.28. The first kappa shape index (κ1) is 13.3. The zero-order valence-electron chi connectivity index (χ0n) is 10.6. The second-order valence-corrected chi connectivity index (χ2v) is 4.84. The average molecular weight is 263 g/mol. The molecule has 1 heterocycles. The molecular weight excluding hydrogens is 246 g/mol. The summed E-state index contributed by atoms with van der Waals surface area (Å²) in [5, 5.41) is 12.4. The summed E-state index contributed by atoms with van der Waals surface area (Å²) in [4.78, 5) is 26.9. The number of aromatic nitrogens is 1. The summed E-state index contributed by atoms with van der Waals surface area (Å²) in [5.74, 6) is -1.28. The van der Waals surface area contributed by atoms with E-state index in [2.05, 4.69) is 10.3 Å². The molecule has 2 rings (SSSR count). The van der Waals surface area contributed by atoms with Crippen molar-refractivity contribution >= 4 is 17.7 Å². The summed E-state index contributed by atoms with van der Waals surface area (Å²) >= 11 is 0. The van der Waals surface area contributed by atoms with Crippen molar-refractivity contribution in [2.45, 2.75) is 37.6 Å². The van der Waals surface area contributed by atoms with Crippen molar-refractivity contribution in [3.63, 3.8) is 0 Å². The van der Waals surface area contributed by atoms with Gasteiger partial charge in [0, 0.05) is 6.20 Å². The van der Waals surface area contributed by atoms with Crippen LogP contribution in [-0.4, -0.2) is 27.5 Å². The number of carboxylic acids is 1. The number of pyridine rings is 1. The number of nitrogens with one attached hydrogen (secondary N) is 1. The van der Waals surface area contributed by atoms with Crippen LogP contribution in [0, 0.1) is 0 Å². The van der Waals surface area contributed by atoms with Crippen LogP contribution >= 0.6 is 0 Å². The lowest BCUT2D eigenvalue weighted by atomic mass is 9.81. The zero-order chi connectivity index (χ0) is 13.9. The van der Waals surface area contributed by atoms with Crippen molar-refractivity contribution < 1.29 is 14.7 Å². The number of hydrogen-bond acceptors (Lipinski definition) is 4. The van der Waals surface area contributed by atoms with Gasteiger partial charge in [-0.15, -0.1) is 0 Å². The molecule has 19 heavy (non-hydrogen) atoms. The Hall–Kier alpha value is -2.11. The fraction of sp³-hybridized carbons (Fsp3) is 0.462.